The first-order valence-corrected chi connectivity index (χ1v) is 6.33. The van der Waals surface area contributed by atoms with Crippen LogP contribution in [0, 0.1) is 5.92 Å². The zero-order valence-electron chi connectivity index (χ0n) is 11.1. The molecule has 1 fully saturated rings. The third kappa shape index (κ3) is 4.40. The molecule has 0 bridgehead atoms. The molecule has 92 valence electrons. The summed E-state index contributed by atoms with van der Waals surface area (Å²) in [4.78, 5) is 0. The molecule has 1 aliphatic rings. The molecule has 0 aromatic carbocycles. The quantitative estimate of drug-likeness (QED) is 0.702. The summed E-state index contributed by atoms with van der Waals surface area (Å²) in [6.07, 6.45) is 9.45. The van der Waals surface area contributed by atoms with Gasteiger partial charge < -0.3 is 11.1 Å². The Morgan fingerprint density at radius 1 is 1.44 bits per heavy atom. The Labute approximate surface area is 100.0 Å². The normalized spacial score (nSPS) is 26.4. The van der Waals surface area contributed by atoms with E-state index >= 15 is 0 Å². The summed E-state index contributed by atoms with van der Waals surface area (Å²) in [6.45, 7) is 8.91. The van der Waals surface area contributed by atoms with Crippen LogP contribution in [0.1, 0.15) is 47.0 Å². The Bertz CT molecular complexity index is 271. The third-order valence-corrected chi connectivity index (χ3v) is 2.85. The van der Waals surface area contributed by atoms with Crippen LogP contribution in [0.25, 0.3) is 0 Å². The van der Waals surface area contributed by atoms with Gasteiger partial charge in [0.05, 0.1) is 0 Å². The Balaban J connectivity index is 2.51. The van der Waals surface area contributed by atoms with E-state index in [1.165, 1.54) is 19.3 Å². The maximum absolute atomic E-state index is 5.39. The molecule has 0 radical (unpaired) electrons. The van der Waals surface area contributed by atoms with Crippen LogP contribution in [0.4, 0.5) is 0 Å². The van der Waals surface area contributed by atoms with Crippen LogP contribution in [0.15, 0.2) is 23.9 Å². The van der Waals surface area contributed by atoms with Crippen LogP contribution < -0.4 is 11.1 Å². The Kier molecular flexibility index (Phi) is 4.60. The first-order valence-electron chi connectivity index (χ1n) is 6.33. The van der Waals surface area contributed by atoms with Crippen molar-refractivity contribution in [2.45, 2.75) is 58.5 Å². The van der Waals surface area contributed by atoms with Crippen LogP contribution in [0.2, 0.25) is 0 Å². The predicted octanol–water partition coefficient (Wildman–Crippen LogP) is 2.96. The van der Waals surface area contributed by atoms with E-state index in [0.29, 0.717) is 6.04 Å². The molecule has 0 amide bonds. The summed E-state index contributed by atoms with van der Waals surface area (Å²) < 4.78 is 0. The van der Waals surface area contributed by atoms with E-state index in [-0.39, 0.29) is 5.54 Å². The first kappa shape index (κ1) is 13.3. The van der Waals surface area contributed by atoms with E-state index in [1.54, 1.807) is 11.8 Å². The average Bonchev–Trinajstić information content (AvgIpc) is 2.88. The van der Waals surface area contributed by atoms with Gasteiger partial charge >= 0.3 is 0 Å². The van der Waals surface area contributed by atoms with Gasteiger partial charge in [-0.3, -0.25) is 0 Å². The minimum Gasteiger partial charge on any atom is -0.405 e. The molecule has 2 nitrogen and oxygen atoms in total. The molecule has 0 spiro atoms. The lowest BCUT2D eigenvalue weighted by Crippen LogP contribution is -2.38. The van der Waals surface area contributed by atoms with E-state index in [2.05, 4.69) is 39.1 Å². The molecule has 2 heteroatoms. The molecule has 16 heavy (non-hydrogen) atoms. The lowest BCUT2D eigenvalue weighted by molar-refractivity contribution is 0.414. The van der Waals surface area contributed by atoms with Crippen molar-refractivity contribution in [3.05, 3.63) is 23.9 Å². The summed E-state index contributed by atoms with van der Waals surface area (Å²) in [5, 5.41) is 3.66. The standard InChI is InChI=1S/C14H26N2/c1-5-7-11(8-6-9-15)12-10-13(12)16-14(2,3)4/h6,8-9,12-13,16H,5,7,10,15H2,1-4H3/b9-6-,11-8+/t12?,13-/m1/s1. The highest BCUT2D eigenvalue weighted by Crippen LogP contribution is 2.40. The highest BCUT2D eigenvalue weighted by Gasteiger charge is 2.40. The Morgan fingerprint density at radius 3 is 2.62 bits per heavy atom. The molecule has 1 aliphatic carbocycles. The van der Waals surface area contributed by atoms with Crippen molar-refractivity contribution in [2.24, 2.45) is 11.7 Å². The summed E-state index contributed by atoms with van der Waals surface area (Å²) in [6, 6.07) is 0.670. The fraction of sp³-hybridized carbons (Fsp3) is 0.714. The van der Waals surface area contributed by atoms with Crippen molar-refractivity contribution in [2.75, 3.05) is 0 Å². The van der Waals surface area contributed by atoms with E-state index in [1.807, 2.05) is 6.08 Å². The van der Waals surface area contributed by atoms with Crippen LogP contribution in [0.3, 0.4) is 0 Å². The molecule has 1 saturated carbocycles. The second-order valence-corrected chi connectivity index (χ2v) is 5.72. The summed E-state index contributed by atoms with van der Waals surface area (Å²) in [5.41, 5.74) is 7.16. The monoisotopic (exact) mass is 222 g/mol. The highest BCUT2D eigenvalue weighted by atomic mass is 15.0. The van der Waals surface area contributed by atoms with Gasteiger partial charge in [-0.25, -0.2) is 0 Å². The van der Waals surface area contributed by atoms with Crippen LogP contribution in [0.5, 0.6) is 0 Å². The van der Waals surface area contributed by atoms with Crippen molar-refractivity contribution < 1.29 is 0 Å². The summed E-state index contributed by atoms with van der Waals surface area (Å²) in [5.74, 6) is 0.732. The van der Waals surface area contributed by atoms with Gasteiger partial charge in [0.15, 0.2) is 0 Å². The van der Waals surface area contributed by atoms with Crippen LogP contribution in [-0.4, -0.2) is 11.6 Å². The minimum atomic E-state index is 0.223. The molecular formula is C14H26N2. The summed E-state index contributed by atoms with van der Waals surface area (Å²) in [7, 11) is 0. The van der Waals surface area contributed by atoms with Crippen LogP contribution >= 0.6 is 0 Å². The van der Waals surface area contributed by atoms with Gasteiger partial charge in [-0.15, -0.1) is 0 Å². The average molecular weight is 222 g/mol. The molecule has 0 aliphatic heterocycles. The lowest BCUT2D eigenvalue weighted by atomic mass is 10.0. The maximum atomic E-state index is 5.39. The minimum absolute atomic E-state index is 0.223. The van der Waals surface area contributed by atoms with Gasteiger partial charge in [0, 0.05) is 11.6 Å². The van der Waals surface area contributed by atoms with Gasteiger partial charge in [-0.05, 0) is 51.8 Å². The first-order chi connectivity index (χ1) is 7.48. The molecule has 0 saturated heterocycles. The zero-order valence-corrected chi connectivity index (χ0v) is 11.1. The van der Waals surface area contributed by atoms with Crippen LogP contribution in [-0.2, 0) is 0 Å². The fourth-order valence-corrected chi connectivity index (χ4v) is 2.18. The van der Waals surface area contributed by atoms with Crippen molar-refractivity contribution in [1.82, 2.24) is 5.32 Å². The maximum Gasteiger partial charge on any atom is 0.0144 e. The lowest BCUT2D eigenvalue weighted by Gasteiger charge is -2.21. The van der Waals surface area contributed by atoms with E-state index < -0.39 is 0 Å². The zero-order chi connectivity index (χ0) is 12.2. The topological polar surface area (TPSA) is 38.0 Å². The van der Waals surface area contributed by atoms with Gasteiger partial charge in [-0.2, -0.15) is 0 Å². The molecule has 1 rings (SSSR count). The molecule has 0 aromatic rings. The van der Waals surface area contributed by atoms with Gasteiger partial charge in [0.25, 0.3) is 0 Å². The number of rotatable bonds is 5. The van der Waals surface area contributed by atoms with Crippen molar-refractivity contribution in [1.29, 1.82) is 0 Å². The van der Waals surface area contributed by atoms with Crippen molar-refractivity contribution >= 4 is 0 Å². The molecule has 0 heterocycles. The second kappa shape index (κ2) is 5.53. The SMILES string of the molecule is CCC/C(=C\C=C/N)C1C[C@H]1NC(C)(C)C. The van der Waals surface area contributed by atoms with E-state index in [9.17, 15) is 0 Å². The highest BCUT2D eigenvalue weighted by molar-refractivity contribution is 5.23. The third-order valence-electron chi connectivity index (χ3n) is 2.85. The molecule has 2 atom stereocenters. The fourth-order valence-electron chi connectivity index (χ4n) is 2.18. The van der Waals surface area contributed by atoms with E-state index in [0.717, 1.165) is 5.92 Å². The predicted molar refractivity (Wildman–Crippen MR) is 71.1 cm³/mol. The van der Waals surface area contributed by atoms with Gasteiger partial charge in [0.2, 0.25) is 0 Å². The smallest absolute Gasteiger partial charge is 0.0144 e. The summed E-state index contributed by atoms with van der Waals surface area (Å²) >= 11 is 0. The Hall–Kier alpha value is -0.760. The number of hydrogen-bond acceptors (Lipinski definition) is 2. The number of nitrogens with two attached hydrogens (primary N) is 1. The molecule has 0 aromatic heterocycles. The number of allylic oxidation sites excluding steroid dienone is 2. The van der Waals surface area contributed by atoms with Gasteiger partial charge in [-0.1, -0.05) is 25.0 Å². The Morgan fingerprint density at radius 2 is 2.12 bits per heavy atom. The van der Waals surface area contributed by atoms with E-state index in [4.69, 9.17) is 5.73 Å². The van der Waals surface area contributed by atoms with Gasteiger partial charge in [0.1, 0.15) is 0 Å². The molecule has 3 N–H and O–H groups in total. The van der Waals surface area contributed by atoms with Crippen molar-refractivity contribution in [3.8, 4) is 0 Å². The number of nitrogens with one attached hydrogen (secondary N) is 1. The number of hydrogen-bond donors (Lipinski definition) is 2. The largest absolute Gasteiger partial charge is 0.405 e. The molecule has 1 unspecified atom stereocenters. The second-order valence-electron chi connectivity index (χ2n) is 5.72. The van der Waals surface area contributed by atoms with Crippen molar-refractivity contribution in [3.63, 3.8) is 0 Å². The molecular weight excluding hydrogens is 196 g/mol.